The summed E-state index contributed by atoms with van der Waals surface area (Å²) in [5.41, 5.74) is 9.59. The van der Waals surface area contributed by atoms with Gasteiger partial charge in [-0.25, -0.2) is 0 Å². The lowest BCUT2D eigenvalue weighted by atomic mass is 9.99. The van der Waals surface area contributed by atoms with Crippen molar-refractivity contribution < 1.29 is 9.90 Å². The molecular formula is C17H18N2O2. The zero-order chi connectivity index (χ0) is 14.8. The average Bonchev–Trinajstić information content (AvgIpc) is 2.46. The molecule has 0 aliphatic carbocycles. The summed E-state index contributed by atoms with van der Waals surface area (Å²) in [5.74, 6) is 0.341. The molecule has 0 unspecified atom stereocenters. The molecule has 0 aromatic heterocycles. The summed E-state index contributed by atoms with van der Waals surface area (Å²) in [4.78, 5) is 14.2. The Morgan fingerprint density at radius 1 is 1.19 bits per heavy atom. The van der Waals surface area contributed by atoms with Crippen molar-refractivity contribution in [2.45, 2.75) is 19.4 Å². The summed E-state index contributed by atoms with van der Waals surface area (Å²) in [5, 5.41) is 9.56. The number of anilines is 1. The second-order valence-corrected chi connectivity index (χ2v) is 5.44. The minimum Gasteiger partial charge on any atom is -0.508 e. The van der Waals surface area contributed by atoms with Crippen LogP contribution in [-0.2, 0) is 24.2 Å². The van der Waals surface area contributed by atoms with Gasteiger partial charge in [0.1, 0.15) is 5.75 Å². The fourth-order valence-electron chi connectivity index (χ4n) is 2.75. The van der Waals surface area contributed by atoms with Gasteiger partial charge in [0, 0.05) is 18.8 Å². The van der Waals surface area contributed by atoms with E-state index in [1.165, 1.54) is 5.56 Å². The Morgan fingerprint density at radius 3 is 2.86 bits per heavy atom. The van der Waals surface area contributed by atoms with E-state index in [1.54, 1.807) is 12.1 Å². The summed E-state index contributed by atoms with van der Waals surface area (Å²) in [6, 6.07) is 12.8. The van der Waals surface area contributed by atoms with Crippen LogP contribution in [0.5, 0.6) is 5.75 Å². The molecule has 0 bridgehead atoms. The minimum atomic E-state index is 0.0922. The van der Waals surface area contributed by atoms with E-state index >= 15 is 0 Å². The zero-order valence-corrected chi connectivity index (χ0v) is 11.7. The van der Waals surface area contributed by atoms with E-state index in [1.807, 2.05) is 35.2 Å². The Balaban J connectivity index is 1.72. The smallest absolute Gasteiger partial charge is 0.227 e. The molecule has 108 valence electrons. The predicted octanol–water partition coefficient (Wildman–Crippen LogP) is 2.10. The van der Waals surface area contributed by atoms with Crippen molar-refractivity contribution in [2.24, 2.45) is 0 Å². The molecule has 1 heterocycles. The van der Waals surface area contributed by atoms with Crippen molar-refractivity contribution in [3.05, 3.63) is 59.2 Å². The van der Waals surface area contributed by atoms with Crippen LogP contribution in [0.25, 0.3) is 0 Å². The third-order valence-electron chi connectivity index (χ3n) is 3.86. The second kappa shape index (κ2) is 5.48. The number of hydrogen-bond acceptors (Lipinski definition) is 3. The first-order valence-corrected chi connectivity index (χ1v) is 7.05. The number of phenols is 1. The summed E-state index contributed by atoms with van der Waals surface area (Å²) < 4.78 is 0. The number of nitrogen functional groups attached to an aromatic ring is 1. The van der Waals surface area contributed by atoms with Crippen molar-refractivity contribution in [3.8, 4) is 5.75 Å². The van der Waals surface area contributed by atoms with Crippen LogP contribution in [0.2, 0.25) is 0 Å². The van der Waals surface area contributed by atoms with E-state index in [0.717, 1.165) is 24.1 Å². The maximum absolute atomic E-state index is 12.4. The van der Waals surface area contributed by atoms with E-state index in [0.29, 0.717) is 18.7 Å². The van der Waals surface area contributed by atoms with E-state index in [4.69, 9.17) is 5.73 Å². The fourth-order valence-corrected chi connectivity index (χ4v) is 2.75. The molecule has 0 fully saturated rings. The highest BCUT2D eigenvalue weighted by Gasteiger charge is 2.21. The van der Waals surface area contributed by atoms with Gasteiger partial charge in [0.2, 0.25) is 5.91 Å². The van der Waals surface area contributed by atoms with Gasteiger partial charge in [-0.05, 0) is 47.4 Å². The van der Waals surface area contributed by atoms with E-state index < -0.39 is 0 Å². The number of hydrogen-bond donors (Lipinski definition) is 2. The van der Waals surface area contributed by atoms with Gasteiger partial charge in [-0.1, -0.05) is 18.2 Å². The maximum Gasteiger partial charge on any atom is 0.227 e. The number of carbonyl (C=O) groups excluding carboxylic acids is 1. The van der Waals surface area contributed by atoms with Crippen LogP contribution in [0.4, 0.5) is 5.69 Å². The zero-order valence-electron chi connectivity index (χ0n) is 11.7. The van der Waals surface area contributed by atoms with Crippen molar-refractivity contribution in [1.29, 1.82) is 0 Å². The van der Waals surface area contributed by atoms with Crippen molar-refractivity contribution >= 4 is 11.6 Å². The number of aromatic hydroxyl groups is 1. The van der Waals surface area contributed by atoms with Crippen molar-refractivity contribution in [3.63, 3.8) is 0 Å². The number of nitrogens with two attached hydrogens (primary N) is 1. The van der Waals surface area contributed by atoms with Gasteiger partial charge in [0.05, 0.1) is 6.42 Å². The van der Waals surface area contributed by atoms with Crippen LogP contribution < -0.4 is 5.73 Å². The lowest BCUT2D eigenvalue weighted by molar-refractivity contribution is -0.131. The normalized spacial score (nSPS) is 13.8. The first kappa shape index (κ1) is 13.5. The standard InChI is InChI=1S/C17H18N2O2/c18-15-3-1-2-12(8-15)9-17(21)19-7-6-13-4-5-16(20)10-14(13)11-19/h1-5,8,10,20H,6-7,9,11,18H2. The highest BCUT2D eigenvalue weighted by Crippen LogP contribution is 2.23. The molecule has 3 rings (SSSR count). The van der Waals surface area contributed by atoms with E-state index in [2.05, 4.69) is 0 Å². The molecule has 0 saturated carbocycles. The number of carbonyl (C=O) groups is 1. The summed E-state index contributed by atoms with van der Waals surface area (Å²) in [6.07, 6.45) is 1.19. The molecule has 3 N–H and O–H groups in total. The molecule has 0 spiro atoms. The third kappa shape index (κ3) is 2.99. The van der Waals surface area contributed by atoms with Crippen LogP contribution in [-0.4, -0.2) is 22.5 Å². The Bertz CT molecular complexity index is 682. The molecule has 0 radical (unpaired) electrons. The molecule has 4 nitrogen and oxygen atoms in total. The number of benzene rings is 2. The number of rotatable bonds is 2. The largest absolute Gasteiger partial charge is 0.508 e. The maximum atomic E-state index is 12.4. The first-order valence-electron chi connectivity index (χ1n) is 7.05. The van der Waals surface area contributed by atoms with Gasteiger partial charge < -0.3 is 15.7 Å². The van der Waals surface area contributed by atoms with Crippen LogP contribution in [0.1, 0.15) is 16.7 Å². The molecule has 1 aliphatic heterocycles. The van der Waals surface area contributed by atoms with Crippen LogP contribution in [0.3, 0.4) is 0 Å². The Morgan fingerprint density at radius 2 is 2.05 bits per heavy atom. The van der Waals surface area contributed by atoms with Crippen LogP contribution >= 0.6 is 0 Å². The molecule has 4 heteroatoms. The summed E-state index contributed by atoms with van der Waals surface area (Å²) in [7, 11) is 0. The SMILES string of the molecule is Nc1cccc(CC(=O)N2CCc3ccc(O)cc3C2)c1. The van der Waals surface area contributed by atoms with Gasteiger partial charge in [-0.15, -0.1) is 0 Å². The van der Waals surface area contributed by atoms with Crippen LogP contribution in [0, 0.1) is 0 Å². The molecule has 0 saturated heterocycles. The topological polar surface area (TPSA) is 66.6 Å². The molecule has 21 heavy (non-hydrogen) atoms. The Kier molecular flexibility index (Phi) is 3.52. The number of fused-ring (bicyclic) bond motifs is 1. The Labute approximate surface area is 123 Å². The molecule has 1 amide bonds. The molecule has 0 atom stereocenters. The van der Waals surface area contributed by atoms with Gasteiger partial charge in [0.25, 0.3) is 0 Å². The second-order valence-electron chi connectivity index (χ2n) is 5.44. The molecule has 2 aromatic rings. The quantitative estimate of drug-likeness (QED) is 0.829. The lowest BCUT2D eigenvalue weighted by Crippen LogP contribution is -2.36. The molecular weight excluding hydrogens is 264 g/mol. The van der Waals surface area contributed by atoms with Gasteiger partial charge >= 0.3 is 0 Å². The summed E-state index contributed by atoms with van der Waals surface area (Å²) in [6.45, 7) is 1.28. The fraction of sp³-hybridized carbons (Fsp3) is 0.235. The average molecular weight is 282 g/mol. The Hall–Kier alpha value is -2.49. The summed E-state index contributed by atoms with van der Waals surface area (Å²) >= 11 is 0. The predicted molar refractivity (Wildman–Crippen MR) is 81.8 cm³/mol. The number of phenolic OH excluding ortho intramolecular Hbond substituents is 1. The van der Waals surface area contributed by atoms with Crippen molar-refractivity contribution in [1.82, 2.24) is 4.90 Å². The van der Waals surface area contributed by atoms with Gasteiger partial charge in [-0.2, -0.15) is 0 Å². The monoisotopic (exact) mass is 282 g/mol. The third-order valence-corrected chi connectivity index (χ3v) is 3.86. The lowest BCUT2D eigenvalue weighted by Gasteiger charge is -2.29. The van der Waals surface area contributed by atoms with Gasteiger partial charge in [-0.3, -0.25) is 4.79 Å². The number of amides is 1. The molecule has 1 aliphatic rings. The van der Waals surface area contributed by atoms with E-state index in [9.17, 15) is 9.90 Å². The van der Waals surface area contributed by atoms with E-state index in [-0.39, 0.29) is 11.7 Å². The van der Waals surface area contributed by atoms with Crippen LogP contribution in [0.15, 0.2) is 42.5 Å². The van der Waals surface area contributed by atoms with Crippen molar-refractivity contribution in [2.75, 3.05) is 12.3 Å². The molecule has 2 aromatic carbocycles. The highest BCUT2D eigenvalue weighted by atomic mass is 16.3. The highest BCUT2D eigenvalue weighted by molar-refractivity contribution is 5.79. The first-order chi connectivity index (χ1) is 10.1. The van der Waals surface area contributed by atoms with Gasteiger partial charge in [0.15, 0.2) is 0 Å². The number of nitrogens with zero attached hydrogens (tertiary/aromatic N) is 1. The minimum absolute atomic E-state index is 0.0922.